The Hall–Kier alpha value is -6.96. The van der Waals surface area contributed by atoms with E-state index in [4.69, 9.17) is 0 Å². The zero-order valence-electron chi connectivity index (χ0n) is 38.0. The van der Waals surface area contributed by atoms with Gasteiger partial charge in [-0.25, -0.2) is 0 Å². The standard InChI is InChI=1S/C64H55N/c1-63(2)57-25-15-13-23-51(57)53-34-31-49(39-59(53)63)56-37-46-21-11-12-22-47(46)40-62(56)65(50-33-35-54-52-24-14-16-26-58(52)64(3,4)60(54)41-50)61-36-32-48(38-55(61)45-19-9-6-10-20-45)44-29-27-43(28-30-44)42-17-7-5-8-18-42/h6,9-16,19-42H,5,7-8,17-18H2,1-4H3. The lowest BCUT2D eigenvalue weighted by molar-refractivity contribution is 0.443. The Morgan fingerprint density at radius 2 is 0.892 bits per heavy atom. The van der Waals surface area contributed by atoms with E-state index in [0.29, 0.717) is 5.92 Å². The van der Waals surface area contributed by atoms with Crippen molar-refractivity contribution in [2.75, 3.05) is 4.90 Å². The summed E-state index contributed by atoms with van der Waals surface area (Å²) in [7, 11) is 0. The van der Waals surface area contributed by atoms with Crippen molar-refractivity contribution < 1.29 is 0 Å². The largest absolute Gasteiger partial charge is 0.309 e. The second kappa shape index (κ2) is 15.3. The van der Waals surface area contributed by atoms with E-state index < -0.39 is 0 Å². The third-order valence-electron chi connectivity index (χ3n) is 15.5. The Morgan fingerprint density at radius 1 is 0.354 bits per heavy atom. The molecular formula is C64H55N. The summed E-state index contributed by atoms with van der Waals surface area (Å²) >= 11 is 0. The van der Waals surface area contributed by atoms with Gasteiger partial charge in [-0.3, -0.25) is 0 Å². The molecule has 0 heterocycles. The molecule has 0 N–H and O–H groups in total. The normalized spacial score (nSPS) is 15.6. The molecule has 1 fully saturated rings. The predicted octanol–water partition coefficient (Wildman–Crippen LogP) is 18.0. The number of rotatable bonds is 7. The van der Waals surface area contributed by atoms with Gasteiger partial charge in [0.2, 0.25) is 0 Å². The van der Waals surface area contributed by atoms with Gasteiger partial charge < -0.3 is 4.90 Å². The lowest BCUT2D eigenvalue weighted by atomic mass is 9.81. The van der Waals surface area contributed by atoms with Gasteiger partial charge in [0, 0.05) is 27.6 Å². The maximum Gasteiger partial charge on any atom is 0.0546 e. The van der Waals surface area contributed by atoms with Gasteiger partial charge in [-0.05, 0) is 144 Å². The van der Waals surface area contributed by atoms with E-state index in [2.05, 4.69) is 227 Å². The maximum atomic E-state index is 2.58. The number of nitrogens with zero attached hydrogens (tertiary/aromatic N) is 1. The monoisotopic (exact) mass is 837 g/mol. The summed E-state index contributed by atoms with van der Waals surface area (Å²) in [6.07, 6.45) is 6.68. The van der Waals surface area contributed by atoms with Gasteiger partial charge in [0.25, 0.3) is 0 Å². The highest BCUT2D eigenvalue weighted by Gasteiger charge is 2.37. The minimum absolute atomic E-state index is 0.121. The molecule has 3 aliphatic carbocycles. The van der Waals surface area contributed by atoms with Crippen LogP contribution < -0.4 is 4.90 Å². The summed E-state index contributed by atoms with van der Waals surface area (Å²) in [5.41, 5.74) is 22.8. The fraction of sp³-hybridized carbons (Fsp3) is 0.188. The third kappa shape index (κ3) is 6.50. The van der Waals surface area contributed by atoms with Crippen molar-refractivity contribution in [3.8, 4) is 55.6 Å². The van der Waals surface area contributed by atoms with Crippen molar-refractivity contribution in [2.45, 2.75) is 76.5 Å². The van der Waals surface area contributed by atoms with Crippen LogP contribution in [0.5, 0.6) is 0 Å². The predicted molar refractivity (Wildman–Crippen MR) is 276 cm³/mol. The molecule has 1 nitrogen and oxygen atoms in total. The first kappa shape index (κ1) is 39.6. The van der Waals surface area contributed by atoms with E-state index in [1.54, 1.807) is 0 Å². The molecule has 0 atom stereocenters. The van der Waals surface area contributed by atoms with E-state index in [0.717, 1.165) is 17.1 Å². The van der Waals surface area contributed by atoms with Crippen molar-refractivity contribution >= 4 is 27.8 Å². The van der Waals surface area contributed by atoms with Crippen molar-refractivity contribution in [1.82, 2.24) is 0 Å². The van der Waals surface area contributed by atoms with Crippen LogP contribution in [0.2, 0.25) is 0 Å². The van der Waals surface area contributed by atoms with Crippen molar-refractivity contribution in [3.63, 3.8) is 0 Å². The summed E-state index contributed by atoms with van der Waals surface area (Å²) in [4.78, 5) is 2.58. The van der Waals surface area contributed by atoms with Crippen molar-refractivity contribution in [1.29, 1.82) is 0 Å². The van der Waals surface area contributed by atoms with Crippen LogP contribution in [-0.2, 0) is 10.8 Å². The van der Waals surface area contributed by atoms with Crippen LogP contribution in [0.4, 0.5) is 17.1 Å². The van der Waals surface area contributed by atoms with Crippen molar-refractivity contribution in [2.24, 2.45) is 0 Å². The molecule has 1 heteroatoms. The molecule has 9 aromatic rings. The van der Waals surface area contributed by atoms with Gasteiger partial charge in [-0.15, -0.1) is 0 Å². The molecule has 12 rings (SSSR count). The minimum atomic E-state index is -0.156. The highest BCUT2D eigenvalue weighted by molar-refractivity contribution is 6.02. The molecule has 0 aliphatic heterocycles. The summed E-state index contributed by atoms with van der Waals surface area (Å²) in [6, 6.07) is 73.9. The molecule has 65 heavy (non-hydrogen) atoms. The van der Waals surface area contributed by atoms with Gasteiger partial charge >= 0.3 is 0 Å². The SMILES string of the molecule is CC1(C)c2ccccc2-c2ccc(-c3cc4ccccc4cc3N(c3ccc4c(c3)C(C)(C)c3ccccc3-4)c3ccc(-c4ccc(C5CCCCC5)cc4)cc3-c3ccccc3)cc21. The van der Waals surface area contributed by atoms with E-state index in [1.165, 1.54) is 126 Å². The zero-order valence-corrected chi connectivity index (χ0v) is 38.0. The molecule has 3 aliphatic rings. The average Bonchev–Trinajstić information content (AvgIpc) is 3.73. The van der Waals surface area contributed by atoms with Gasteiger partial charge in [0.05, 0.1) is 11.4 Å². The van der Waals surface area contributed by atoms with Crippen LogP contribution in [0.1, 0.15) is 93.5 Å². The number of anilines is 3. The van der Waals surface area contributed by atoms with Crippen LogP contribution in [0.25, 0.3) is 66.4 Å². The van der Waals surface area contributed by atoms with E-state index in [-0.39, 0.29) is 10.8 Å². The molecule has 0 amide bonds. The van der Waals surface area contributed by atoms with Crippen LogP contribution in [-0.4, -0.2) is 0 Å². The summed E-state index contributed by atoms with van der Waals surface area (Å²) < 4.78 is 0. The fourth-order valence-electron chi connectivity index (χ4n) is 11.9. The Morgan fingerprint density at radius 3 is 1.58 bits per heavy atom. The van der Waals surface area contributed by atoms with E-state index in [9.17, 15) is 0 Å². The highest BCUT2D eigenvalue weighted by atomic mass is 15.1. The number of benzene rings is 9. The smallest absolute Gasteiger partial charge is 0.0546 e. The number of fused-ring (bicyclic) bond motifs is 7. The lowest BCUT2D eigenvalue weighted by Crippen LogP contribution is -2.17. The number of hydrogen-bond donors (Lipinski definition) is 0. The number of hydrogen-bond acceptors (Lipinski definition) is 1. The fourth-order valence-corrected chi connectivity index (χ4v) is 11.9. The Kier molecular flexibility index (Phi) is 9.35. The second-order valence-corrected chi connectivity index (χ2v) is 19.9. The molecule has 0 aromatic heterocycles. The molecule has 316 valence electrons. The quantitative estimate of drug-likeness (QED) is 0.155. The van der Waals surface area contributed by atoms with Gasteiger partial charge in [0.15, 0.2) is 0 Å². The molecule has 0 bridgehead atoms. The lowest BCUT2D eigenvalue weighted by Gasteiger charge is -2.32. The summed E-state index contributed by atoms with van der Waals surface area (Å²) in [5, 5.41) is 2.45. The molecule has 9 aromatic carbocycles. The van der Waals surface area contributed by atoms with Crippen molar-refractivity contribution in [3.05, 3.63) is 222 Å². The molecule has 0 radical (unpaired) electrons. The summed E-state index contributed by atoms with van der Waals surface area (Å²) in [5.74, 6) is 0.682. The second-order valence-electron chi connectivity index (χ2n) is 19.9. The zero-order chi connectivity index (χ0) is 43.9. The Balaban J connectivity index is 1.10. The average molecular weight is 838 g/mol. The third-order valence-corrected chi connectivity index (χ3v) is 15.5. The minimum Gasteiger partial charge on any atom is -0.309 e. The topological polar surface area (TPSA) is 3.24 Å². The Labute approximate surface area is 385 Å². The molecule has 0 unspecified atom stereocenters. The molecule has 0 saturated heterocycles. The molecule has 0 spiro atoms. The van der Waals surface area contributed by atoms with Gasteiger partial charge in [-0.2, -0.15) is 0 Å². The van der Waals surface area contributed by atoms with Gasteiger partial charge in [-0.1, -0.05) is 199 Å². The highest BCUT2D eigenvalue weighted by Crippen LogP contribution is 2.54. The first-order valence-corrected chi connectivity index (χ1v) is 23.9. The first-order valence-electron chi connectivity index (χ1n) is 23.9. The van der Waals surface area contributed by atoms with Gasteiger partial charge in [0.1, 0.15) is 0 Å². The van der Waals surface area contributed by atoms with Crippen LogP contribution >= 0.6 is 0 Å². The van der Waals surface area contributed by atoms with Crippen LogP contribution in [0.3, 0.4) is 0 Å². The molecule has 1 saturated carbocycles. The van der Waals surface area contributed by atoms with E-state index in [1.807, 2.05) is 0 Å². The first-order chi connectivity index (χ1) is 31.7. The molecular weight excluding hydrogens is 783 g/mol. The van der Waals surface area contributed by atoms with Crippen LogP contribution in [0, 0.1) is 0 Å². The summed E-state index contributed by atoms with van der Waals surface area (Å²) in [6.45, 7) is 9.55. The van der Waals surface area contributed by atoms with Crippen LogP contribution in [0.15, 0.2) is 194 Å². The van der Waals surface area contributed by atoms with E-state index >= 15 is 0 Å². The Bertz CT molecular complexity index is 3290. The maximum absolute atomic E-state index is 2.58.